The number of aryl methyl sites for hydroxylation is 1. The maximum Gasteiger partial charge on any atom is 0.274 e. The third-order valence-electron chi connectivity index (χ3n) is 4.53. The Balaban J connectivity index is 1.89. The molecule has 1 aliphatic rings. The van der Waals surface area contributed by atoms with Crippen LogP contribution in [0.1, 0.15) is 40.0 Å². The lowest BCUT2D eigenvalue weighted by atomic mass is 10.1. The quantitative estimate of drug-likeness (QED) is 0.816. The van der Waals surface area contributed by atoms with Gasteiger partial charge in [-0.15, -0.1) is 11.8 Å². The number of likely N-dealkylation sites (tertiary alicyclic amines) is 1. The number of piperidine rings is 1. The predicted octanol–water partition coefficient (Wildman–Crippen LogP) is 2.38. The van der Waals surface area contributed by atoms with Gasteiger partial charge in [0.05, 0.1) is 11.1 Å². The molecule has 0 aromatic carbocycles. The maximum atomic E-state index is 12.8. The molecule has 1 aliphatic heterocycles. The van der Waals surface area contributed by atoms with Crippen molar-refractivity contribution in [2.75, 3.05) is 24.7 Å². The summed E-state index contributed by atoms with van der Waals surface area (Å²) in [5, 5.41) is 3.22. The van der Waals surface area contributed by atoms with Crippen LogP contribution in [0.15, 0.2) is 40.4 Å². The number of thioether (sulfide) groups is 1. The summed E-state index contributed by atoms with van der Waals surface area (Å²) in [6, 6.07) is 4.79. The summed E-state index contributed by atoms with van der Waals surface area (Å²) in [6.45, 7) is 1.44. The first-order chi connectivity index (χ1) is 13.0. The molecule has 3 rings (SSSR count). The van der Waals surface area contributed by atoms with Gasteiger partial charge in [0.1, 0.15) is 10.7 Å². The Morgan fingerprint density at radius 2 is 1.96 bits per heavy atom. The Morgan fingerprint density at radius 1 is 1.22 bits per heavy atom. The molecule has 1 N–H and O–H groups in total. The zero-order chi connectivity index (χ0) is 19.4. The van der Waals surface area contributed by atoms with Crippen LogP contribution in [0.3, 0.4) is 0 Å². The van der Waals surface area contributed by atoms with Crippen LogP contribution in [-0.4, -0.2) is 45.6 Å². The number of carbonyl (C=O) groups excluding carboxylic acids is 2. The number of anilines is 1. The van der Waals surface area contributed by atoms with Crippen LogP contribution in [0.5, 0.6) is 0 Å². The van der Waals surface area contributed by atoms with Gasteiger partial charge >= 0.3 is 0 Å². The van der Waals surface area contributed by atoms with Crippen molar-refractivity contribution < 1.29 is 9.59 Å². The van der Waals surface area contributed by atoms with E-state index in [0.717, 1.165) is 32.4 Å². The van der Waals surface area contributed by atoms with Crippen molar-refractivity contribution in [3.05, 3.63) is 52.1 Å². The first kappa shape index (κ1) is 19.2. The molecule has 0 unspecified atom stereocenters. The Morgan fingerprint density at radius 3 is 2.67 bits per heavy atom. The fourth-order valence-corrected chi connectivity index (χ4v) is 3.66. The van der Waals surface area contributed by atoms with Crippen LogP contribution in [0.25, 0.3) is 0 Å². The molecule has 3 heterocycles. The van der Waals surface area contributed by atoms with Crippen LogP contribution in [0.4, 0.5) is 5.69 Å². The van der Waals surface area contributed by atoms with Crippen LogP contribution in [0.2, 0.25) is 0 Å². The van der Waals surface area contributed by atoms with Crippen LogP contribution in [0, 0.1) is 0 Å². The van der Waals surface area contributed by atoms with Gasteiger partial charge in [-0.3, -0.25) is 14.4 Å². The van der Waals surface area contributed by atoms with E-state index in [1.165, 1.54) is 28.6 Å². The minimum Gasteiger partial charge on any atom is -0.339 e. The molecule has 8 heteroatoms. The number of pyridine rings is 2. The molecule has 0 aliphatic carbocycles. The number of rotatable bonds is 4. The van der Waals surface area contributed by atoms with Gasteiger partial charge in [0.2, 0.25) is 0 Å². The summed E-state index contributed by atoms with van der Waals surface area (Å²) in [5.41, 5.74) is 0.500. The molecule has 142 valence electrons. The van der Waals surface area contributed by atoms with Gasteiger partial charge in [-0.1, -0.05) is 0 Å². The number of amides is 2. The van der Waals surface area contributed by atoms with E-state index in [1.807, 2.05) is 6.26 Å². The Hall–Kier alpha value is -2.61. The van der Waals surface area contributed by atoms with Crippen molar-refractivity contribution in [3.8, 4) is 0 Å². The van der Waals surface area contributed by atoms with Gasteiger partial charge in [0.15, 0.2) is 0 Å². The van der Waals surface area contributed by atoms with Gasteiger partial charge in [0.25, 0.3) is 17.4 Å². The van der Waals surface area contributed by atoms with Crippen molar-refractivity contribution in [1.82, 2.24) is 14.5 Å². The molecule has 27 heavy (non-hydrogen) atoms. The zero-order valence-corrected chi connectivity index (χ0v) is 16.2. The molecule has 0 saturated carbocycles. The summed E-state index contributed by atoms with van der Waals surface area (Å²) in [4.78, 5) is 43.8. The average Bonchev–Trinajstić information content (AvgIpc) is 2.71. The van der Waals surface area contributed by atoms with E-state index in [1.54, 1.807) is 30.3 Å². The Labute approximate surface area is 161 Å². The lowest BCUT2D eigenvalue weighted by Crippen LogP contribution is -2.36. The molecule has 0 spiro atoms. The maximum absolute atomic E-state index is 12.8. The van der Waals surface area contributed by atoms with Crippen LogP contribution in [-0.2, 0) is 7.05 Å². The van der Waals surface area contributed by atoms with Gasteiger partial charge in [-0.2, -0.15) is 0 Å². The summed E-state index contributed by atoms with van der Waals surface area (Å²) in [5.74, 6) is -0.542. The second-order valence-corrected chi connectivity index (χ2v) is 7.22. The number of hydrogen-bond donors (Lipinski definition) is 1. The minimum absolute atomic E-state index is 0.0845. The van der Waals surface area contributed by atoms with E-state index in [4.69, 9.17) is 0 Å². The fourth-order valence-electron chi connectivity index (χ4n) is 3.11. The van der Waals surface area contributed by atoms with E-state index < -0.39 is 5.91 Å². The zero-order valence-electron chi connectivity index (χ0n) is 15.4. The standard InChI is InChI=1S/C19H22N4O3S/c1-22-12-13(18(25)23-9-4-3-5-10-23)11-15(19(22)26)21-16(24)14-7-6-8-20-17(14)27-2/h6-8,11-12H,3-5,9-10H2,1-2H3,(H,21,24). The van der Waals surface area contributed by atoms with E-state index in [2.05, 4.69) is 10.3 Å². The number of aromatic nitrogens is 2. The third kappa shape index (κ3) is 4.21. The molecule has 0 bridgehead atoms. The highest BCUT2D eigenvalue weighted by atomic mass is 32.2. The van der Waals surface area contributed by atoms with E-state index >= 15 is 0 Å². The van der Waals surface area contributed by atoms with Crippen LogP contribution >= 0.6 is 11.8 Å². The van der Waals surface area contributed by atoms with Crippen molar-refractivity contribution in [1.29, 1.82) is 0 Å². The first-order valence-corrected chi connectivity index (χ1v) is 10.0. The number of nitrogens with zero attached hydrogens (tertiary/aromatic N) is 3. The molecular formula is C19H22N4O3S. The largest absolute Gasteiger partial charge is 0.339 e. The SMILES string of the molecule is CSc1ncccc1C(=O)Nc1cc(C(=O)N2CCCCC2)cn(C)c1=O. The van der Waals surface area contributed by atoms with E-state index in [-0.39, 0.29) is 17.2 Å². The molecule has 2 aromatic rings. The second kappa shape index (κ2) is 8.39. The topological polar surface area (TPSA) is 84.3 Å². The summed E-state index contributed by atoms with van der Waals surface area (Å²) >= 11 is 1.35. The molecule has 1 saturated heterocycles. The molecule has 2 aromatic heterocycles. The first-order valence-electron chi connectivity index (χ1n) is 8.81. The van der Waals surface area contributed by atoms with Crippen molar-refractivity contribution in [2.45, 2.75) is 24.3 Å². The van der Waals surface area contributed by atoms with E-state index in [0.29, 0.717) is 16.2 Å². The number of carbonyl (C=O) groups is 2. The average molecular weight is 386 g/mol. The van der Waals surface area contributed by atoms with Crippen molar-refractivity contribution in [3.63, 3.8) is 0 Å². The summed E-state index contributed by atoms with van der Waals surface area (Å²) in [6.07, 6.45) is 8.06. The number of hydrogen-bond acceptors (Lipinski definition) is 5. The predicted molar refractivity (Wildman–Crippen MR) is 105 cm³/mol. The Bertz CT molecular complexity index is 919. The highest BCUT2D eigenvalue weighted by Gasteiger charge is 2.21. The van der Waals surface area contributed by atoms with Gasteiger partial charge in [0, 0.05) is 32.5 Å². The molecule has 1 fully saturated rings. The van der Waals surface area contributed by atoms with E-state index in [9.17, 15) is 14.4 Å². The molecular weight excluding hydrogens is 364 g/mol. The second-order valence-electron chi connectivity index (χ2n) is 6.43. The molecule has 0 atom stereocenters. The Kier molecular flexibility index (Phi) is 5.95. The van der Waals surface area contributed by atoms with Crippen LogP contribution < -0.4 is 10.9 Å². The molecule has 2 amide bonds. The fraction of sp³-hybridized carbons (Fsp3) is 0.368. The highest BCUT2D eigenvalue weighted by molar-refractivity contribution is 7.98. The van der Waals surface area contributed by atoms with Gasteiger partial charge in [-0.05, 0) is 43.7 Å². The highest BCUT2D eigenvalue weighted by Crippen LogP contribution is 2.19. The lowest BCUT2D eigenvalue weighted by molar-refractivity contribution is 0.0723. The molecule has 0 radical (unpaired) electrons. The minimum atomic E-state index is -0.424. The van der Waals surface area contributed by atoms with Gasteiger partial charge in [-0.25, -0.2) is 4.98 Å². The van der Waals surface area contributed by atoms with Gasteiger partial charge < -0.3 is 14.8 Å². The smallest absolute Gasteiger partial charge is 0.274 e. The summed E-state index contributed by atoms with van der Waals surface area (Å²) < 4.78 is 1.32. The lowest BCUT2D eigenvalue weighted by Gasteiger charge is -2.27. The van der Waals surface area contributed by atoms with Crippen molar-refractivity contribution >= 4 is 29.3 Å². The summed E-state index contributed by atoms with van der Waals surface area (Å²) in [7, 11) is 1.57. The normalized spacial score (nSPS) is 14.1. The molecule has 7 nitrogen and oxygen atoms in total. The number of nitrogens with one attached hydrogen (secondary N) is 1. The van der Waals surface area contributed by atoms with Crippen molar-refractivity contribution in [2.24, 2.45) is 7.05 Å². The third-order valence-corrected chi connectivity index (χ3v) is 5.24. The monoisotopic (exact) mass is 386 g/mol.